The Bertz CT molecular complexity index is 1000. The van der Waals surface area contributed by atoms with E-state index < -0.39 is 12.1 Å². The number of aliphatic carboxylic acids is 1. The van der Waals surface area contributed by atoms with Gasteiger partial charge in [0, 0.05) is 24.6 Å². The highest BCUT2D eigenvalue weighted by atomic mass is 16.5. The lowest BCUT2D eigenvalue weighted by atomic mass is 9.98. The molecule has 0 spiro atoms. The van der Waals surface area contributed by atoms with Crippen molar-refractivity contribution >= 4 is 18.0 Å². The van der Waals surface area contributed by atoms with Crippen LogP contribution in [0.15, 0.2) is 60.7 Å². The number of nitrogens with one attached hydrogen (secondary N) is 2. The quantitative estimate of drug-likeness (QED) is 0.579. The van der Waals surface area contributed by atoms with Gasteiger partial charge in [-0.1, -0.05) is 61.0 Å². The zero-order chi connectivity index (χ0) is 22.5. The Hall–Kier alpha value is -3.61. The van der Waals surface area contributed by atoms with Crippen LogP contribution in [0, 0.1) is 5.92 Å². The van der Waals surface area contributed by atoms with Gasteiger partial charge in [0.1, 0.15) is 6.61 Å². The summed E-state index contributed by atoms with van der Waals surface area (Å²) in [7, 11) is 0. The highest BCUT2D eigenvalue weighted by molar-refractivity contribution is 5.82. The monoisotopic (exact) mass is 434 g/mol. The Morgan fingerprint density at radius 3 is 2.31 bits per heavy atom. The molecule has 0 bridgehead atoms. The third-order valence-corrected chi connectivity index (χ3v) is 6.15. The Balaban J connectivity index is 1.33. The second-order valence-electron chi connectivity index (χ2n) is 8.10. The molecule has 2 amide bonds. The number of carbonyl (C=O) groups is 3. The summed E-state index contributed by atoms with van der Waals surface area (Å²) in [6, 6.07) is 16.0. The van der Waals surface area contributed by atoms with Crippen molar-refractivity contribution in [1.29, 1.82) is 0 Å². The van der Waals surface area contributed by atoms with E-state index in [1.807, 2.05) is 24.3 Å². The molecule has 2 atom stereocenters. The van der Waals surface area contributed by atoms with Crippen LogP contribution in [-0.2, 0) is 14.3 Å². The van der Waals surface area contributed by atoms with Crippen molar-refractivity contribution in [2.24, 2.45) is 5.92 Å². The summed E-state index contributed by atoms with van der Waals surface area (Å²) in [4.78, 5) is 35.5. The summed E-state index contributed by atoms with van der Waals surface area (Å²) in [6.45, 7) is 0.364. The fraction of sp³-hybridized carbons (Fsp3) is 0.320. The molecule has 2 aliphatic rings. The molecule has 2 unspecified atom stereocenters. The molecular weight excluding hydrogens is 408 g/mol. The van der Waals surface area contributed by atoms with E-state index in [1.54, 1.807) is 0 Å². The summed E-state index contributed by atoms with van der Waals surface area (Å²) < 4.78 is 5.60. The maximum Gasteiger partial charge on any atom is 0.407 e. The van der Waals surface area contributed by atoms with Gasteiger partial charge in [-0.2, -0.15) is 0 Å². The number of amides is 2. The summed E-state index contributed by atoms with van der Waals surface area (Å²) in [5.41, 5.74) is 4.63. The van der Waals surface area contributed by atoms with E-state index in [1.165, 1.54) is 17.2 Å². The Morgan fingerprint density at radius 2 is 1.66 bits per heavy atom. The average molecular weight is 434 g/mol. The Morgan fingerprint density at radius 1 is 1.00 bits per heavy atom. The predicted octanol–water partition coefficient (Wildman–Crippen LogP) is 3.45. The Kier molecular flexibility index (Phi) is 6.54. The van der Waals surface area contributed by atoms with Gasteiger partial charge in [-0.25, -0.2) is 9.59 Å². The molecule has 0 radical (unpaired) electrons. The van der Waals surface area contributed by atoms with Crippen molar-refractivity contribution in [2.45, 2.75) is 31.2 Å². The fourth-order valence-corrected chi connectivity index (χ4v) is 4.69. The first-order valence-corrected chi connectivity index (χ1v) is 10.8. The minimum Gasteiger partial charge on any atom is -0.478 e. The highest BCUT2D eigenvalue weighted by Crippen LogP contribution is 2.44. The smallest absolute Gasteiger partial charge is 0.407 e. The zero-order valence-electron chi connectivity index (χ0n) is 17.6. The first-order chi connectivity index (χ1) is 15.5. The molecule has 2 aromatic carbocycles. The van der Waals surface area contributed by atoms with E-state index in [0.717, 1.165) is 23.6 Å². The number of hydrogen-bond donors (Lipinski definition) is 3. The molecular formula is C25H26N2O5. The van der Waals surface area contributed by atoms with Gasteiger partial charge in [-0.15, -0.1) is 0 Å². The SMILES string of the molecule is O=C(O)/C=C/CNC(=O)C1CCCC1NC(=O)OCC1c2ccccc2-c2ccccc21. The first kappa shape index (κ1) is 21.6. The normalized spacial score (nSPS) is 19.4. The van der Waals surface area contributed by atoms with Crippen molar-refractivity contribution in [3.8, 4) is 11.1 Å². The van der Waals surface area contributed by atoms with E-state index in [2.05, 4.69) is 34.9 Å². The third kappa shape index (κ3) is 4.66. The number of rotatable bonds is 7. The summed E-state index contributed by atoms with van der Waals surface area (Å²) in [5, 5.41) is 14.2. The van der Waals surface area contributed by atoms with Gasteiger partial charge >= 0.3 is 12.1 Å². The van der Waals surface area contributed by atoms with Crippen molar-refractivity contribution < 1.29 is 24.2 Å². The maximum absolute atomic E-state index is 12.5. The van der Waals surface area contributed by atoms with E-state index in [0.29, 0.717) is 12.8 Å². The van der Waals surface area contributed by atoms with Gasteiger partial charge < -0.3 is 20.5 Å². The van der Waals surface area contributed by atoms with Gasteiger partial charge in [0.2, 0.25) is 5.91 Å². The minimum atomic E-state index is -1.06. The van der Waals surface area contributed by atoms with Gasteiger partial charge in [-0.3, -0.25) is 4.79 Å². The van der Waals surface area contributed by atoms with Crippen LogP contribution in [0.25, 0.3) is 11.1 Å². The molecule has 4 rings (SSSR count). The Labute approximate surface area is 186 Å². The third-order valence-electron chi connectivity index (χ3n) is 6.15. The lowest BCUT2D eigenvalue weighted by Gasteiger charge is -2.21. The van der Waals surface area contributed by atoms with Crippen molar-refractivity contribution in [3.05, 3.63) is 71.8 Å². The van der Waals surface area contributed by atoms with Crippen LogP contribution in [0.1, 0.15) is 36.3 Å². The lowest BCUT2D eigenvalue weighted by molar-refractivity contribution is -0.131. The molecule has 0 aliphatic heterocycles. The van der Waals surface area contributed by atoms with Crippen LogP contribution >= 0.6 is 0 Å². The molecule has 1 fully saturated rings. The molecule has 0 saturated heterocycles. The molecule has 7 nitrogen and oxygen atoms in total. The molecule has 32 heavy (non-hydrogen) atoms. The van der Waals surface area contributed by atoms with Crippen molar-refractivity contribution in [2.75, 3.05) is 13.2 Å². The second-order valence-corrected chi connectivity index (χ2v) is 8.10. The number of fused-ring (bicyclic) bond motifs is 3. The van der Waals surface area contributed by atoms with Gasteiger partial charge in [0.25, 0.3) is 0 Å². The van der Waals surface area contributed by atoms with E-state index in [4.69, 9.17) is 9.84 Å². The number of benzene rings is 2. The van der Waals surface area contributed by atoms with Crippen LogP contribution in [0.4, 0.5) is 4.79 Å². The highest BCUT2D eigenvalue weighted by Gasteiger charge is 2.35. The molecule has 0 heterocycles. The molecule has 7 heteroatoms. The number of ether oxygens (including phenoxy) is 1. The molecule has 3 N–H and O–H groups in total. The largest absolute Gasteiger partial charge is 0.478 e. The second kappa shape index (κ2) is 9.68. The average Bonchev–Trinajstić information content (AvgIpc) is 3.37. The molecule has 0 aromatic heterocycles. The van der Waals surface area contributed by atoms with E-state index in [9.17, 15) is 14.4 Å². The summed E-state index contributed by atoms with van der Waals surface area (Å²) in [5.74, 6) is -1.62. The minimum absolute atomic E-state index is 0.0168. The molecule has 2 aromatic rings. The summed E-state index contributed by atoms with van der Waals surface area (Å²) in [6.07, 6.45) is 4.04. The number of carboxylic acid groups (broad SMARTS) is 1. The summed E-state index contributed by atoms with van der Waals surface area (Å²) >= 11 is 0. The van der Waals surface area contributed by atoms with Crippen LogP contribution in [0.2, 0.25) is 0 Å². The van der Waals surface area contributed by atoms with Crippen LogP contribution < -0.4 is 10.6 Å². The first-order valence-electron chi connectivity index (χ1n) is 10.8. The lowest BCUT2D eigenvalue weighted by Crippen LogP contribution is -2.44. The van der Waals surface area contributed by atoms with Crippen molar-refractivity contribution in [1.82, 2.24) is 10.6 Å². The molecule has 2 aliphatic carbocycles. The number of hydrogen-bond acceptors (Lipinski definition) is 4. The van der Waals surface area contributed by atoms with Gasteiger partial charge in [0.15, 0.2) is 0 Å². The van der Waals surface area contributed by atoms with Gasteiger partial charge in [-0.05, 0) is 35.1 Å². The predicted molar refractivity (Wildman–Crippen MR) is 119 cm³/mol. The van der Waals surface area contributed by atoms with E-state index >= 15 is 0 Å². The molecule has 1 saturated carbocycles. The molecule has 166 valence electrons. The maximum atomic E-state index is 12.5. The van der Waals surface area contributed by atoms with Crippen LogP contribution in [-0.4, -0.2) is 42.3 Å². The van der Waals surface area contributed by atoms with Crippen molar-refractivity contribution in [3.63, 3.8) is 0 Å². The number of alkyl carbamates (subject to hydrolysis) is 1. The van der Waals surface area contributed by atoms with Crippen LogP contribution in [0.3, 0.4) is 0 Å². The van der Waals surface area contributed by atoms with Gasteiger partial charge in [0.05, 0.1) is 5.92 Å². The number of carbonyl (C=O) groups excluding carboxylic acids is 2. The standard InChI is InChI=1S/C25H26N2O5/c28-23(29)13-6-14-26-24(30)20-11-5-12-22(20)27-25(31)32-15-21-18-9-3-1-7-16(18)17-8-2-4-10-19(17)21/h1-4,6-10,13,20-22H,5,11-12,14-15H2,(H,26,30)(H,27,31)(H,28,29)/b13-6+. The fourth-order valence-electron chi connectivity index (χ4n) is 4.69. The van der Waals surface area contributed by atoms with E-state index in [-0.39, 0.29) is 36.9 Å². The number of carboxylic acids is 1. The topological polar surface area (TPSA) is 105 Å². The van der Waals surface area contributed by atoms with Crippen LogP contribution in [0.5, 0.6) is 0 Å². The zero-order valence-corrected chi connectivity index (χ0v) is 17.6.